The zero-order valence-corrected chi connectivity index (χ0v) is 14.8. The summed E-state index contributed by atoms with van der Waals surface area (Å²) in [5, 5.41) is 9.76. The number of esters is 1. The van der Waals surface area contributed by atoms with Gasteiger partial charge in [0.05, 0.1) is 12.2 Å². The molecule has 0 radical (unpaired) electrons. The van der Waals surface area contributed by atoms with Crippen LogP contribution in [-0.4, -0.2) is 49.3 Å². The van der Waals surface area contributed by atoms with E-state index < -0.39 is 5.97 Å². The normalized spacial score (nSPS) is 13.7. The third kappa shape index (κ3) is 5.75. The van der Waals surface area contributed by atoms with Crippen molar-refractivity contribution < 1.29 is 19.4 Å². The smallest absolute Gasteiger partial charge is 0.338 e. The van der Waals surface area contributed by atoms with Crippen molar-refractivity contribution in [1.29, 1.82) is 0 Å². The first kappa shape index (κ1) is 19.3. The van der Waals surface area contributed by atoms with Crippen LogP contribution in [0.4, 0.5) is 0 Å². The van der Waals surface area contributed by atoms with E-state index in [4.69, 9.17) is 9.47 Å². The fourth-order valence-corrected chi connectivity index (χ4v) is 2.31. The van der Waals surface area contributed by atoms with Crippen LogP contribution in [-0.2, 0) is 4.74 Å². The van der Waals surface area contributed by atoms with Gasteiger partial charge in [-0.2, -0.15) is 0 Å². The molecule has 0 saturated heterocycles. The first-order valence-corrected chi connectivity index (χ1v) is 8.20. The number of carbonyl (C=O) groups excluding carboxylic acids is 1. The van der Waals surface area contributed by atoms with Crippen molar-refractivity contribution >= 4 is 5.97 Å². The molecular formula is C18H29NO4. The molecule has 0 fully saturated rings. The topological polar surface area (TPSA) is 59.0 Å². The first-order valence-electron chi connectivity index (χ1n) is 8.20. The van der Waals surface area contributed by atoms with Crippen molar-refractivity contribution in [2.75, 3.05) is 27.3 Å². The second-order valence-electron chi connectivity index (χ2n) is 6.05. The first-order chi connectivity index (χ1) is 10.9. The molecule has 5 heteroatoms. The quantitative estimate of drug-likeness (QED) is 0.707. The molecule has 5 nitrogen and oxygen atoms in total. The minimum absolute atomic E-state index is 0.0285. The molecule has 0 aliphatic heterocycles. The molecule has 2 atom stereocenters. The van der Waals surface area contributed by atoms with Crippen LogP contribution in [0.1, 0.15) is 44.0 Å². The molecule has 23 heavy (non-hydrogen) atoms. The zero-order valence-electron chi connectivity index (χ0n) is 14.8. The van der Waals surface area contributed by atoms with E-state index in [1.807, 2.05) is 21.0 Å². The fraction of sp³-hybridized carbons (Fsp3) is 0.611. The summed E-state index contributed by atoms with van der Waals surface area (Å²) in [6.45, 7) is 7.08. The minimum Gasteiger partial charge on any atom is -0.504 e. The second-order valence-corrected chi connectivity index (χ2v) is 6.05. The second kappa shape index (κ2) is 9.40. The average Bonchev–Trinajstić information content (AvgIpc) is 2.53. The molecule has 0 aliphatic rings. The van der Waals surface area contributed by atoms with Gasteiger partial charge in [0, 0.05) is 6.04 Å². The molecule has 1 aromatic rings. The molecule has 1 aromatic carbocycles. The van der Waals surface area contributed by atoms with Crippen LogP contribution in [0.15, 0.2) is 18.2 Å². The minimum atomic E-state index is -0.401. The Morgan fingerprint density at radius 2 is 2.00 bits per heavy atom. The van der Waals surface area contributed by atoms with Gasteiger partial charge in [0.25, 0.3) is 0 Å². The summed E-state index contributed by atoms with van der Waals surface area (Å²) in [5.74, 6) is 0.371. The highest BCUT2D eigenvalue weighted by Crippen LogP contribution is 2.27. The van der Waals surface area contributed by atoms with Crippen molar-refractivity contribution in [3.63, 3.8) is 0 Å². The maximum absolute atomic E-state index is 12.2. The number of phenols is 1. The number of carbonyl (C=O) groups is 1. The molecule has 0 amide bonds. The fourth-order valence-electron chi connectivity index (χ4n) is 2.31. The van der Waals surface area contributed by atoms with Crippen LogP contribution in [0.5, 0.6) is 11.5 Å². The SMILES string of the molecule is CCCOc1cc(C(=O)OC[C@H](C(C)CC)N(C)C)ccc1O. The van der Waals surface area contributed by atoms with Crippen molar-refractivity contribution in [3.05, 3.63) is 23.8 Å². The van der Waals surface area contributed by atoms with Crippen LogP contribution < -0.4 is 4.74 Å². The van der Waals surface area contributed by atoms with Gasteiger partial charge < -0.3 is 19.5 Å². The van der Waals surface area contributed by atoms with Crippen molar-refractivity contribution in [2.45, 2.75) is 39.7 Å². The molecule has 130 valence electrons. The van der Waals surface area contributed by atoms with Gasteiger partial charge >= 0.3 is 5.97 Å². The summed E-state index contributed by atoms with van der Waals surface area (Å²) in [6.07, 6.45) is 1.85. The Kier molecular flexibility index (Phi) is 7.89. The van der Waals surface area contributed by atoms with E-state index in [0.29, 0.717) is 30.4 Å². The lowest BCUT2D eigenvalue weighted by atomic mass is 9.99. The standard InChI is InChI=1S/C18H29NO4/c1-6-10-22-17-11-14(8-9-16(17)20)18(21)23-12-15(19(4)5)13(3)7-2/h8-9,11,13,15,20H,6-7,10,12H2,1-5H3/t13?,15-/m1/s1. The maximum Gasteiger partial charge on any atom is 0.338 e. The van der Waals surface area contributed by atoms with Crippen LogP contribution in [0.3, 0.4) is 0 Å². The summed E-state index contributed by atoms with van der Waals surface area (Å²) < 4.78 is 10.9. The number of aromatic hydroxyl groups is 1. The molecular weight excluding hydrogens is 294 g/mol. The van der Waals surface area contributed by atoms with E-state index in [1.165, 1.54) is 12.1 Å². The van der Waals surface area contributed by atoms with E-state index in [0.717, 1.165) is 12.8 Å². The molecule has 0 heterocycles. The molecule has 1 N–H and O–H groups in total. The van der Waals surface area contributed by atoms with Crippen LogP contribution in [0.25, 0.3) is 0 Å². The van der Waals surface area contributed by atoms with Gasteiger partial charge in [-0.05, 0) is 44.6 Å². The van der Waals surface area contributed by atoms with E-state index >= 15 is 0 Å². The Hall–Kier alpha value is -1.75. The van der Waals surface area contributed by atoms with Crippen LogP contribution in [0, 0.1) is 5.92 Å². The molecule has 0 aromatic heterocycles. The number of phenolic OH excluding ortho intramolecular Hbond substituents is 1. The Labute approximate surface area is 139 Å². The van der Waals surface area contributed by atoms with Gasteiger partial charge in [0.1, 0.15) is 6.61 Å². The van der Waals surface area contributed by atoms with E-state index in [2.05, 4.69) is 18.7 Å². The van der Waals surface area contributed by atoms with E-state index in [-0.39, 0.29) is 11.8 Å². The molecule has 1 rings (SSSR count). The molecule has 0 aliphatic carbocycles. The van der Waals surface area contributed by atoms with Gasteiger partial charge in [0.2, 0.25) is 0 Å². The van der Waals surface area contributed by atoms with Gasteiger partial charge in [-0.1, -0.05) is 27.2 Å². The summed E-state index contributed by atoms with van der Waals surface area (Å²) in [6, 6.07) is 4.71. The number of hydrogen-bond donors (Lipinski definition) is 1. The van der Waals surface area contributed by atoms with Crippen molar-refractivity contribution in [2.24, 2.45) is 5.92 Å². The average molecular weight is 323 g/mol. The van der Waals surface area contributed by atoms with E-state index in [9.17, 15) is 9.90 Å². The van der Waals surface area contributed by atoms with Crippen molar-refractivity contribution in [1.82, 2.24) is 4.90 Å². The molecule has 1 unspecified atom stereocenters. The Balaban J connectivity index is 2.73. The number of nitrogens with zero attached hydrogens (tertiary/aromatic N) is 1. The Morgan fingerprint density at radius 1 is 1.30 bits per heavy atom. The lowest BCUT2D eigenvalue weighted by Crippen LogP contribution is -2.38. The largest absolute Gasteiger partial charge is 0.504 e. The molecule has 0 saturated carbocycles. The summed E-state index contributed by atoms with van der Waals surface area (Å²) in [5.41, 5.74) is 0.385. The monoisotopic (exact) mass is 323 g/mol. The molecule has 0 spiro atoms. The predicted octanol–water partition coefficient (Wildman–Crippen LogP) is 3.31. The third-order valence-electron chi connectivity index (χ3n) is 4.01. The van der Waals surface area contributed by atoms with Gasteiger partial charge in [0.15, 0.2) is 11.5 Å². The number of rotatable bonds is 9. The van der Waals surface area contributed by atoms with Crippen molar-refractivity contribution in [3.8, 4) is 11.5 Å². The van der Waals surface area contributed by atoms with Gasteiger partial charge in [-0.15, -0.1) is 0 Å². The van der Waals surface area contributed by atoms with Gasteiger partial charge in [-0.3, -0.25) is 0 Å². The third-order valence-corrected chi connectivity index (χ3v) is 4.01. The van der Waals surface area contributed by atoms with E-state index in [1.54, 1.807) is 6.07 Å². The highest BCUT2D eigenvalue weighted by molar-refractivity contribution is 5.90. The summed E-state index contributed by atoms with van der Waals surface area (Å²) >= 11 is 0. The highest BCUT2D eigenvalue weighted by atomic mass is 16.5. The lowest BCUT2D eigenvalue weighted by Gasteiger charge is -2.29. The zero-order chi connectivity index (χ0) is 17.4. The predicted molar refractivity (Wildman–Crippen MR) is 91.1 cm³/mol. The highest BCUT2D eigenvalue weighted by Gasteiger charge is 2.21. The summed E-state index contributed by atoms with van der Waals surface area (Å²) in [4.78, 5) is 14.3. The number of hydrogen-bond acceptors (Lipinski definition) is 5. The number of ether oxygens (including phenoxy) is 2. The number of benzene rings is 1. The maximum atomic E-state index is 12.2. The number of likely N-dealkylation sites (N-methyl/N-ethyl adjacent to an activating group) is 1. The van der Waals surface area contributed by atoms with Crippen LogP contribution >= 0.6 is 0 Å². The Bertz CT molecular complexity index is 502. The Morgan fingerprint density at radius 3 is 2.57 bits per heavy atom. The van der Waals surface area contributed by atoms with Gasteiger partial charge in [-0.25, -0.2) is 4.79 Å². The lowest BCUT2D eigenvalue weighted by molar-refractivity contribution is 0.0336. The molecule has 0 bridgehead atoms. The van der Waals surface area contributed by atoms with Crippen LogP contribution in [0.2, 0.25) is 0 Å². The summed E-state index contributed by atoms with van der Waals surface area (Å²) in [7, 11) is 3.98.